The summed E-state index contributed by atoms with van der Waals surface area (Å²) >= 11 is 0. The van der Waals surface area contributed by atoms with Gasteiger partial charge < -0.3 is 14.4 Å². The van der Waals surface area contributed by atoms with E-state index in [9.17, 15) is 4.79 Å². The molecule has 1 saturated heterocycles. The van der Waals surface area contributed by atoms with Crippen molar-refractivity contribution >= 4 is 5.91 Å². The van der Waals surface area contributed by atoms with Crippen molar-refractivity contribution in [1.82, 2.24) is 4.90 Å². The first-order chi connectivity index (χ1) is 12.8. The van der Waals surface area contributed by atoms with E-state index >= 15 is 0 Å². The molecule has 2 aromatic carbocycles. The Hall–Kier alpha value is -2.49. The molecular weight excluding hydrogens is 326 g/mol. The first-order valence-corrected chi connectivity index (χ1v) is 9.34. The predicted molar refractivity (Wildman–Crippen MR) is 103 cm³/mol. The Labute approximate surface area is 155 Å². The van der Waals surface area contributed by atoms with Crippen LogP contribution in [-0.4, -0.2) is 37.6 Å². The molecule has 1 unspecified atom stereocenters. The second kappa shape index (κ2) is 9.27. The molecule has 1 atom stereocenters. The molecule has 0 spiro atoms. The summed E-state index contributed by atoms with van der Waals surface area (Å²) in [6.07, 6.45) is 3.43. The van der Waals surface area contributed by atoms with Gasteiger partial charge in [0.15, 0.2) is 11.5 Å². The number of rotatable bonds is 8. The molecule has 2 aromatic rings. The van der Waals surface area contributed by atoms with Crippen molar-refractivity contribution in [2.45, 2.75) is 25.7 Å². The lowest BCUT2D eigenvalue weighted by atomic mass is 10.1. The summed E-state index contributed by atoms with van der Waals surface area (Å²) in [6, 6.07) is 17.9. The van der Waals surface area contributed by atoms with Gasteiger partial charge in [0.2, 0.25) is 5.91 Å². The van der Waals surface area contributed by atoms with Gasteiger partial charge in [-0.25, -0.2) is 0 Å². The number of para-hydroxylation sites is 2. The average molecular weight is 353 g/mol. The van der Waals surface area contributed by atoms with Gasteiger partial charge >= 0.3 is 0 Å². The lowest BCUT2D eigenvalue weighted by Crippen LogP contribution is -2.29. The van der Waals surface area contributed by atoms with Crippen molar-refractivity contribution in [3.8, 4) is 11.5 Å². The lowest BCUT2D eigenvalue weighted by Gasteiger charge is -2.17. The topological polar surface area (TPSA) is 38.8 Å². The lowest BCUT2D eigenvalue weighted by molar-refractivity contribution is -0.130. The zero-order valence-electron chi connectivity index (χ0n) is 15.4. The van der Waals surface area contributed by atoms with Crippen molar-refractivity contribution < 1.29 is 14.3 Å². The molecule has 0 N–H and O–H groups in total. The van der Waals surface area contributed by atoms with Crippen LogP contribution in [0.25, 0.3) is 0 Å². The van der Waals surface area contributed by atoms with Gasteiger partial charge in [0.1, 0.15) is 0 Å². The number of hydrogen-bond acceptors (Lipinski definition) is 3. The molecule has 138 valence electrons. The second-order valence-corrected chi connectivity index (χ2v) is 6.77. The molecule has 0 radical (unpaired) electrons. The Balaban J connectivity index is 1.39. The Morgan fingerprint density at radius 3 is 2.58 bits per heavy atom. The SMILES string of the molecule is COc1ccccc1OCCC1CCN(C(=O)CCc2ccccc2)C1. The van der Waals surface area contributed by atoms with Crippen molar-refractivity contribution in [3.05, 3.63) is 60.2 Å². The van der Waals surface area contributed by atoms with Gasteiger partial charge in [-0.3, -0.25) is 4.79 Å². The van der Waals surface area contributed by atoms with Crippen molar-refractivity contribution in [2.24, 2.45) is 5.92 Å². The number of hydrogen-bond donors (Lipinski definition) is 0. The maximum Gasteiger partial charge on any atom is 0.222 e. The number of aryl methyl sites for hydroxylation is 1. The standard InChI is InChI=1S/C22H27NO3/c1-25-20-9-5-6-10-21(20)26-16-14-19-13-15-23(17-19)22(24)12-11-18-7-3-2-4-8-18/h2-10,19H,11-17H2,1H3. The first kappa shape index (κ1) is 18.3. The quantitative estimate of drug-likeness (QED) is 0.721. The highest BCUT2D eigenvalue weighted by Gasteiger charge is 2.25. The Morgan fingerprint density at radius 2 is 1.81 bits per heavy atom. The van der Waals surface area contributed by atoms with Gasteiger partial charge in [-0.1, -0.05) is 42.5 Å². The fourth-order valence-electron chi connectivity index (χ4n) is 3.42. The van der Waals surface area contributed by atoms with E-state index in [1.165, 1.54) is 5.56 Å². The number of likely N-dealkylation sites (tertiary alicyclic amines) is 1. The van der Waals surface area contributed by atoms with Gasteiger partial charge in [0, 0.05) is 19.5 Å². The van der Waals surface area contributed by atoms with Gasteiger partial charge in [-0.2, -0.15) is 0 Å². The van der Waals surface area contributed by atoms with Crippen LogP contribution in [0.3, 0.4) is 0 Å². The van der Waals surface area contributed by atoms with E-state index in [-0.39, 0.29) is 5.91 Å². The molecule has 0 aliphatic carbocycles. The number of amides is 1. The highest BCUT2D eigenvalue weighted by Crippen LogP contribution is 2.27. The zero-order valence-corrected chi connectivity index (χ0v) is 15.4. The van der Waals surface area contributed by atoms with E-state index in [0.717, 1.165) is 43.9 Å². The minimum atomic E-state index is 0.266. The third-order valence-corrected chi connectivity index (χ3v) is 4.96. The van der Waals surface area contributed by atoms with E-state index in [1.54, 1.807) is 7.11 Å². The van der Waals surface area contributed by atoms with Crippen LogP contribution in [0.4, 0.5) is 0 Å². The van der Waals surface area contributed by atoms with Crippen LogP contribution >= 0.6 is 0 Å². The van der Waals surface area contributed by atoms with Gasteiger partial charge in [0.25, 0.3) is 0 Å². The smallest absolute Gasteiger partial charge is 0.222 e. The number of methoxy groups -OCH3 is 1. The predicted octanol–water partition coefficient (Wildman–Crippen LogP) is 3.95. The number of carbonyl (C=O) groups is 1. The van der Waals surface area contributed by atoms with Crippen LogP contribution in [0.5, 0.6) is 11.5 Å². The Bertz CT molecular complexity index is 702. The molecule has 1 fully saturated rings. The van der Waals surface area contributed by atoms with E-state index in [0.29, 0.717) is 18.9 Å². The molecule has 1 aliphatic heterocycles. The zero-order chi connectivity index (χ0) is 18.2. The van der Waals surface area contributed by atoms with Crippen LogP contribution in [0, 0.1) is 5.92 Å². The molecule has 3 rings (SSSR count). The van der Waals surface area contributed by atoms with Gasteiger partial charge in [0.05, 0.1) is 13.7 Å². The van der Waals surface area contributed by atoms with E-state index in [4.69, 9.17) is 9.47 Å². The summed E-state index contributed by atoms with van der Waals surface area (Å²) in [5.41, 5.74) is 1.22. The number of benzene rings is 2. The normalized spacial score (nSPS) is 16.5. The first-order valence-electron chi connectivity index (χ1n) is 9.34. The summed E-state index contributed by atoms with van der Waals surface area (Å²) in [6.45, 7) is 2.37. The Morgan fingerprint density at radius 1 is 1.08 bits per heavy atom. The number of ether oxygens (including phenoxy) is 2. The third-order valence-electron chi connectivity index (χ3n) is 4.96. The molecule has 1 heterocycles. The maximum atomic E-state index is 12.4. The fourth-order valence-corrected chi connectivity index (χ4v) is 3.42. The Kier molecular flexibility index (Phi) is 6.53. The van der Waals surface area contributed by atoms with E-state index in [1.807, 2.05) is 47.4 Å². The summed E-state index contributed by atoms with van der Waals surface area (Å²) in [5, 5.41) is 0. The van der Waals surface area contributed by atoms with Crippen LogP contribution in [-0.2, 0) is 11.2 Å². The van der Waals surface area contributed by atoms with Crippen molar-refractivity contribution in [2.75, 3.05) is 26.8 Å². The van der Waals surface area contributed by atoms with Crippen molar-refractivity contribution in [1.29, 1.82) is 0 Å². The molecule has 4 heteroatoms. The van der Waals surface area contributed by atoms with E-state index in [2.05, 4.69) is 12.1 Å². The van der Waals surface area contributed by atoms with Crippen LogP contribution in [0.2, 0.25) is 0 Å². The average Bonchev–Trinajstić information content (AvgIpc) is 3.16. The molecular formula is C22H27NO3. The summed E-state index contributed by atoms with van der Waals surface area (Å²) in [4.78, 5) is 14.4. The van der Waals surface area contributed by atoms with Crippen LogP contribution in [0.15, 0.2) is 54.6 Å². The second-order valence-electron chi connectivity index (χ2n) is 6.77. The molecule has 0 aromatic heterocycles. The van der Waals surface area contributed by atoms with Gasteiger partial charge in [-0.05, 0) is 42.9 Å². The molecule has 0 saturated carbocycles. The van der Waals surface area contributed by atoms with Crippen molar-refractivity contribution in [3.63, 3.8) is 0 Å². The highest BCUT2D eigenvalue weighted by molar-refractivity contribution is 5.76. The summed E-state index contributed by atoms with van der Waals surface area (Å²) in [5.74, 6) is 2.33. The molecule has 4 nitrogen and oxygen atoms in total. The number of carbonyl (C=O) groups excluding carboxylic acids is 1. The fraction of sp³-hybridized carbons (Fsp3) is 0.409. The summed E-state index contributed by atoms with van der Waals surface area (Å²) in [7, 11) is 1.65. The monoisotopic (exact) mass is 353 g/mol. The molecule has 0 bridgehead atoms. The number of nitrogens with zero attached hydrogens (tertiary/aromatic N) is 1. The third kappa shape index (κ3) is 5.01. The van der Waals surface area contributed by atoms with Crippen LogP contribution < -0.4 is 9.47 Å². The minimum Gasteiger partial charge on any atom is -0.493 e. The molecule has 1 amide bonds. The van der Waals surface area contributed by atoms with Crippen LogP contribution in [0.1, 0.15) is 24.8 Å². The minimum absolute atomic E-state index is 0.266. The highest BCUT2D eigenvalue weighted by atomic mass is 16.5. The largest absolute Gasteiger partial charge is 0.493 e. The van der Waals surface area contributed by atoms with E-state index < -0.39 is 0 Å². The molecule has 26 heavy (non-hydrogen) atoms. The summed E-state index contributed by atoms with van der Waals surface area (Å²) < 4.78 is 11.2. The molecule has 1 aliphatic rings. The van der Waals surface area contributed by atoms with Gasteiger partial charge in [-0.15, -0.1) is 0 Å². The maximum absolute atomic E-state index is 12.4.